The lowest BCUT2D eigenvalue weighted by atomic mass is 10.1. The third-order valence-corrected chi connectivity index (χ3v) is 5.92. The number of nitrogens with zero attached hydrogens (tertiary/aromatic N) is 2. The first-order valence-electron chi connectivity index (χ1n) is 9.53. The second kappa shape index (κ2) is 8.17. The third-order valence-electron chi connectivity index (χ3n) is 4.81. The normalized spacial score (nSPS) is 12.2. The van der Waals surface area contributed by atoms with Gasteiger partial charge in [-0.15, -0.1) is 11.8 Å². The van der Waals surface area contributed by atoms with Gasteiger partial charge in [-0.1, -0.05) is 18.2 Å². The van der Waals surface area contributed by atoms with E-state index in [4.69, 9.17) is 4.42 Å². The van der Waals surface area contributed by atoms with E-state index in [9.17, 15) is 4.79 Å². The van der Waals surface area contributed by atoms with Gasteiger partial charge >= 0.3 is 0 Å². The molecule has 1 unspecified atom stereocenters. The Kier molecular flexibility index (Phi) is 5.45. The number of thioether (sulfide) groups is 1. The Morgan fingerprint density at radius 2 is 2.00 bits per heavy atom. The van der Waals surface area contributed by atoms with Crippen LogP contribution in [0.15, 0.2) is 70.2 Å². The summed E-state index contributed by atoms with van der Waals surface area (Å²) in [7, 11) is 0. The number of imidazole rings is 1. The van der Waals surface area contributed by atoms with Crippen LogP contribution in [0, 0.1) is 13.8 Å². The van der Waals surface area contributed by atoms with Crippen molar-refractivity contribution < 1.29 is 9.21 Å². The number of carbonyl (C=O) groups excluding carboxylic acids is 1. The average molecular weight is 406 g/mol. The van der Waals surface area contributed by atoms with E-state index < -0.39 is 0 Å². The molecule has 4 rings (SSSR count). The predicted octanol–water partition coefficient (Wildman–Crippen LogP) is 5.33. The van der Waals surface area contributed by atoms with Crippen molar-refractivity contribution in [2.45, 2.75) is 37.5 Å². The zero-order valence-corrected chi connectivity index (χ0v) is 17.5. The van der Waals surface area contributed by atoms with Crippen molar-refractivity contribution in [3.63, 3.8) is 0 Å². The molecule has 5 nitrogen and oxygen atoms in total. The van der Waals surface area contributed by atoms with Gasteiger partial charge in [-0.3, -0.25) is 4.79 Å². The number of rotatable bonds is 6. The highest BCUT2D eigenvalue weighted by Crippen LogP contribution is 2.27. The van der Waals surface area contributed by atoms with E-state index in [0.717, 1.165) is 33.3 Å². The number of hydrogen-bond acceptors (Lipinski definition) is 4. The maximum absolute atomic E-state index is 12.9. The van der Waals surface area contributed by atoms with Gasteiger partial charge in [0, 0.05) is 28.6 Å². The van der Waals surface area contributed by atoms with Gasteiger partial charge < -0.3 is 14.1 Å². The molecule has 6 heteroatoms. The molecular weight excluding hydrogens is 382 g/mol. The molecule has 0 aliphatic heterocycles. The van der Waals surface area contributed by atoms with E-state index in [2.05, 4.69) is 10.3 Å². The van der Waals surface area contributed by atoms with Crippen molar-refractivity contribution in [3.8, 4) is 0 Å². The van der Waals surface area contributed by atoms with E-state index in [1.807, 2.05) is 86.1 Å². The first kappa shape index (κ1) is 19.3. The smallest absolute Gasteiger partial charge is 0.252 e. The minimum absolute atomic E-state index is 0.0890. The highest BCUT2D eigenvalue weighted by atomic mass is 32.2. The van der Waals surface area contributed by atoms with Gasteiger partial charge in [0.05, 0.1) is 17.3 Å². The van der Waals surface area contributed by atoms with E-state index in [-0.39, 0.29) is 11.9 Å². The topological polar surface area (TPSA) is 59.5 Å². The molecule has 3 aromatic heterocycles. The summed E-state index contributed by atoms with van der Waals surface area (Å²) in [4.78, 5) is 18.5. The van der Waals surface area contributed by atoms with Crippen LogP contribution in [0.1, 0.15) is 46.1 Å². The molecule has 0 bridgehead atoms. The lowest BCUT2D eigenvalue weighted by Crippen LogP contribution is -2.27. The van der Waals surface area contributed by atoms with Gasteiger partial charge in [0.25, 0.3) is 5.91 Å². The van der Waals surface area contributed by atoms with Crippen LogP contribution in [0.25, 0.3) is 5.65 Å². The Labute approximate surface area is 174 Å². The molecule has 1 amide bonds. The van der Waals surface area contributed by atoms with Crippen LogP contribution in [0.2, 0.25) is 0 Å². The van der Waals surface area contributed by atoms with Gasteiger partial charge in [-0.25, -0.2) is 4.98 Å². The maximum Gasteiger partial charge on any atom is 0.252 e. The first-order chi connectivity index (χ1) is 14.0. The van der Waals surface area contributed by atoms with Gasteiger partial charge in [-0.2, -0.15) is 0 Å². The molecule has 0 fully saturated rings. The van der Waals surface area contributed by atoms with Crippen molar-refractivity contribution >= 4 is 23.3 Å². The standard InChI is InChI=1S/C23H23N3O2S/c1-15-12-20(17(3)28-15)16(2)24-23(27)19-8-4-5-9-21(19)29-14-18-13-26-11-7-6-10-22(26)25-18/h4-13,16H,14H2,1-3H3,(H,24,27). The zero-order chi connectivity index (χ0) is 20.4. The SMILES string of the molecule is Cc1cc(C(C)NC(=O)c2ccccc2SCc2cn3ccccc3n2)c(C)o1. The van der Waals surface area contributed by atoms with Crippen LogP contribution in [-0.4, -0.2) is 15.3 Å². The average Bonchev–Trinajstić information content (AvgIpc) is 3.28. The lowest BCUT2D eigenvalue weighted by Gasteiger charge is -2.15. The Hall–Kier alpha value is -2.99. The molecule has 0 radical (unpaired) electrons. The van der Waals surface area contributed by atoms with Crippen LogP contribution in [0.3, 0.4) is 0 Å². The van der Waals surface area contributed by atoms with Crippen molar-refractivity contribution in [3.05, 3.63) is 89.3 Å². The second-order valence-electron chi connectivity index (χ2n) is 7.05. The molecule has 0 spiro atoms. The van der Waals surface area contributed by atoms with Crippen LogP contribution in [-0.2, 0) is 5.75 Å². The van der Waals surface area contributed by atoms with E-state index in [1.54, 1.807) is 11.8 Å². The number of benzene rings is 1. The number of hydrogen-bond donors (Lipinski definition) is 1. The van der Waals surface area contributed by atoms with Crippen molar-refractivity contribution in [2.75, 3.05) is 0 Å². The molecule has 0 aliphatic carbocycles. The number of aromatic nitrogens is 2. The molecule has 3 heterocycles. The fourth-order valence-electron chi connectivity index (χ4n) is 3.42. The summed E-state index contributed by atoms with van der Waals surface area (Å²) in [5.41, 5.74) is 3.58. The highest BCUT2D eigenvalue weighted by molar-refractivity contribution is 7.98. The van der Waals surface area contributed by atoms with Crippen LogP contribution < -0.4 is 5.32 Å². The maximum atomic E-state index is 12.9. The molecule has 1 atom stereocenters. The Morgan fingerprint density at radius 3 is 2.76 bits per heavy atom. The quantitative estimate of drug-likeness (QED) is 0.441. The summed E-state index contributed by atoms with van der Waals surface area (Å²) >= 11 is 1.62. The van der Waals surface area contributed by atoms with Crippen molar-refractivity contribution in [1.29, 1.82) is 0 Å². The fourth-order valence-corrected chi connectivity index (χ4v) is 4.35. The zero-order valence-electron chi connectivity index (χ0n) is 16.7. The number of nitrogens with one attached hydrogen (secondary N) is 1. The number of amides is 1. The van der Waals surface area contributed by atoms with Crippen LogP contribution in [0.5, 0.6) is 0 Å². The minimum Gasteiger partial charge on any atom is -0.466 e. The largest absolute Gasteiger partial charge is 0.466 e. The summed E-state index contributed by atoms with van der Waals surface area (Å²) in [6.07, 6.45) is 4.01. The van der Waals surface area contributed by atoms with Crippen LogP contribution >= 0.6 is 11.8 Å². The van der Waals surface area contributed by atoms with E-state index in [1.165, 1.54) is 0 Å². The highest BCUT2D eigenvalue weighted by Gasteiger charge is 2.18. The van der Waals surface area contributed by atoms with E-state index >= 15 is 0 Å². The second-order valence-corrected chi connectivity index (χ2v) is 8.06. The molecule has 4 aromatic rings. The number of fused-ring (bicyclic) bond motifs is 1. The van der Waals surface area contributed by atoms with Gasteiger partial charge in [0.2, 0.25) is 0 Å². The summed E-state index contributed by atoms with van der Waals surface area (Å²) in [6, 6.07) is 15.5. The van der Waals surface area contributed by atoms with Gasteiger partial charge in [0.1, 0.15) is 17.2 Å². The van der Waals surface area contributed by atoms with Crippen molar-refractivity contribution in [1.82, 2.24) is 14.7 Å². The third kappa shape index (κ3) is 4.22. The summed E-state index contributed by atoms with van der Waals surface area (Å²) in [5.74, 6) is 2.29. The fraction of sp³-hybridized carbons (Fsp3) is 0.217. The Balaban J connectivity index is 1.48. The van der Waals surface area contributed by atoms with Gasteiger partial charge in [-0.05, 0) is 51.1 Å². The molecule has 29 heavy (non-hydrogen) atoms. The molecular formula is C23H23N3O2S. The number of pyridine rings is 1. The van der Waals surface area contributed by atoms with Gasteiger partial charge in [0.15, 0.2) is 0 Å². The molecule has 1 N–H and O–H groups in total. The summed E-state index contributed by atoms with van der Waals surface area (Å²) in [6.45, 7) is 5.81. The van der Waals surface area contributed by atoms with Crippen LogP contribution in [0.4, 0.5) is 0 Å². The van der Waals surface area contributed by atoms with E-state index in [0.29, 0.717) is 11.3 Å². The number of furan rings is 1. The molecule has 0 saturated heterocycles. The summed E-state index contributed by atoms with van der Waals surface area (Å²) < 4.78 is 7.60. The molecule has 0 aliphatic rings. The first-order valence-corrected chi connectivity index (χ1v) is 10.5. The minimum atomic E-state index is -0.128. The molecule has 148 valence electrons. The number of carbonyl (C=O) groups is 1. The monoisotopic (exact) mass is 405 g/mol. The van der Waals surface area contributed by atoms with Crippen molar-refractivity contribution in [2.24, 2.45) is 0 Å². The Morgan fingerprint density at radius 1 is 1.21 bits per heavy atom. The lowest BCUT2D eigenvalue weighted by molar-refractivity contribution is 0.0937. The predicted molar refractivity (Wildman–Crippen MR) is 115 cm³/mol. The Bertz CT molecular complexity index is 1130. The molecule has 0 saturated carbocycles. The molecule has 1 aromatic carbocycles. The summed E-state index contributed by atoms with van der Waals surface area (Å²) in [5, 5.41) is 3.09. The number of aryl methyl sites for hydroxylation is 2.